The first-order valence-corrected chi connectivity index (χ1v) is 18.3. The normalized spacial score (nSPS) is 17.1. The summed E-state index contributed by atoms with van der Waals surface area (Å²) >= 11 is 3.36. The lowest BCUT2D eigenvalue weighted by Crippen LogP contribution is -2.48. The Kier molecular flexibility index (Phi) is 10.6. The number of hydrogen-bond donors (Lipinski definition) is 5. The average molecular weight is 781 g/mol. The lowest BCUT2D eigenvalue weighted by atomic mass is 10.1. The zero-order chi connectivity index (χ0) is 36.3. The maximum Gasteiger partial charge on any atom is 0.253 e. The molecule has 2 aliphatic heterocycles. The number of anilines is 5. The van der Waals surface area contributed by atoms with E-state index in [9.17, 15) is 27.2 Å². The van der Waals surface area contributed by atoms with Crippen LogP contribution in [-0.4, -0.2) is 77.5 Å². The molecule has 0 aliphatic carbocycles. The number of imide groups is 1. The van der Waals surface area contributed by atoms with Gasteiger partial charge in [-0.1, -0.05) is 18.2 Å². The Hall–Kier alpha value is -4.97. The molecule has 3 heterocycles. The first kappa shape index (κ1) is 35.8. The van der Waals surface area contributed by atoms with Gasteiger partial charge in [0.2, 0.25) is 27.8 Å². The molecule has 51 heavy (non-hydrogen) atoms. The van der Waals surface area contributed by atoms with E-state index in [0.717, 1.165) is 17.3 Å². The summed E-state index contributed by atoms with van der Waals surface area (Å²) in [6.45, 7) is 4.10. The SMILES string of the molecule is Cc1cc(S(=O)(=O)N2CCN(Cc3cccc(NC4CCC(=O)NC4=O)c3)CC2)ccc1Nc1ncc(Br)c(Nc2cccc(F)c2C(N)=O)n1. The molecule has 2 saturated heterocycles. The van der Waals surface area contributed by atoms with Crippen molar-refractivity contribution in [2.24, 2.45) is 5.73 Å². The van der Waals surface area contributed by atoms with E-state index in [0.29, 0.717) is 61.3 Å². The van der Waals surface area contributed by atoms with E-state index in [2.05, 4.69) is 52.1 Å². The molecule has 1 aromatic heterocycles. The number of carbonyl (C=O) groups is 3. The van der Waals surface area contributed by atoms with Crippen molar-refractivity contribution in [3.8, 4) is 0 Å². The Labute approximate surface area is 302 Å². The number of benzene rings is 3. The highest BCUT2D eigenvalue weighted by Crippen LogP contribution is 2.30. The summed E-state index contributed by atoms with van der Waals surface area (Å²) in [6.07, 6.45) is 2.20. The van der Waals surface area contributed by atoms with Crippen molar-refractivity contribution >= 4 is 72.5 Å². The summed E-state index contributed by atoms with van der Waals surface area (Å²) in [5.74, 6) is -1.89. The van der Waals surface area contributed by atoms with Crippen LogP contribution in [0.25, 0.3) is 0 Å². The number of carbonyl (C=O) groups excluding carboxylic acids is 3. The Morgan fingerprint density at radius 1 is 1.04 bits per heavy atom. The summed E-state index contributed by atoms with van der Waals surface area (Å²) in [5.41, 5.74) is 8.21. The van der Waals surface area contributed by atoms with Crippen molar-refractivity contribution < 1.29 is 27.2 Å². The van der Waals surface area contributed by atoms with E-state index in [1.54, 1.807) is 19.1 Å². The Bertz CT molecular complexity index is 2110. The fourth-order valence-corrected chi connectivity index (χ4v) is 7.70. The van der Waals surface area contributed by atoms with Gasteiger partial charge >= 0.3 is 0 Å². The standard InChI is InChI=1S/C34H35BrFN9O5S/c1-20-16-23(8-9-26(20)41-34-38-18-24(35)32(43-34)40-27-7-3-6-25(36)30(27)31(37)47)51(49,50)45-14-12-44(13-15-45)19-21-4-2-5-22(17-21)39-28-10-11-29(46)42-33(28)48/h2-9,16-18,28,39H,10-15,19H2,1H3,(H2,37,47)(H,42,46,48)(H2,38,40,41,43). The van der Waals surface area contributed by atoms with Crippen molar-refractivity contribution in [3.05, 3.63) is 93.8 Å². The van der Waals surface area contributed by atoms with Crippen LogP contribution in [0.2, 0.25) is 0 Å². The Morgan fingerprint density at radius 3 is 2.53 bits per heavy atom. The van der Waals surface area contributed by atoms with Crippen LogP contribution in [-0.2, 0) is 26.2 Å². The molecule has 3 aromatic carbocycles. The van der Waals surface area contributed by atoms with E-state index in [4.69, 9.17) is 5.73 Å². The Morgan fingerprint density at radius 2 is 1.80 bits per heavy atom. The molecular formula is C34H35BrFN9O5S. The van der Waals surface area contributed by atoms with Gasteiger partial charge in [-0.2, -0.15) is 9.29 Å². The van der Waals surface area contributed by atoms with Crippen molar-refractivity contribution in [3.63, 3.8) is 0 Å². The van der Waals surface area contributed by atoms with Gasteiger partial charge in [0.1, 0.15) is 17.7 Å². The third-order valence-electron chi connectivity index (χ3n) is 8.58. The molecule has 14 nitrogen and oxygen atoms in total. The van der Waals surface area contributed by atoms with Crippen molar-refractivity contribution in [1.29, 1.82) is 0 Å². The maximum absolute atomic E-state index is 14.3. The molecule has 0 bridgehead atoms. The molecule has 2 fully saturated rings. The molecule has 3 amide bonds. The van der Waals surface area contributed by atoms with Gasteiger partial charge in [0.15, 0.2) is 0 Å². The van der Waals surface area contributed by atoms with Gasteiger partial charge in [-0.05, 0) is 82.9 Å². The molecule has 0 radical (unpaired) electrons. The monoisotopic (exact) mass is 779 g/mol. The number of amides is 3. The van der Waals surface area contributed by atoms with Crippen molar-refractivity contribution in [2.45, 2.75) is 37.2 Å². The van der Waals surface area contributed by atoms with Gasteiger partial charge in [-0.15, -0.1) is 0 Å². The quantitative estimate of drug-likeness (QED) is 0.138. The van der Waals surface area contributed by atoms with Crippen LogP contribution in [0, 0.1) is 12.7 Å². The molecule has 6 rings (SSSR count). The number of primary amides is 1. The third-order valence-corrected chi connectivity index (χ3v) is 11.1. The molecule has 1 unspecified atom stereocenters. The first-order valence-electron chi connectivity index (χ1n) is 16.0. The average Bonchev–Trinajstić information content (AvgIpc) is 3.08. The number of nitrogens with two attached hydrogens (primary N) is 1. The molecule has 17 heteroatoms. The number of hydrogen-bond acceptors (Lipinski definition) is 11. The van der Waals surface area contributed by atoms with E-state index < -0.39 is 27.8 Å². The number of sulfonamides is 1. The van der Waals surface area contributed by atoms with E-state index in [1.165, 1.54) is 28.7 Å². The minimum absolute atomic E-state index is 0.132. The lowest BCUT2D eigenvalue weighted by Gasteiger charge is -2.34. The third kappa shape index (κ3) is 8.33. The summed E-state index contributed by atoms with van der Waals surface area (Å²) in [7, 11) is -3.77. The maximum atomic E-state index is 14.3. The smallest absolute Gasteiger partial charge is 0.253 e. The van der Waals surface area contributed by atoms with Crippen LogP contribution >= 0.6 is 15.9 Å². The molecule has 2 aliphatic rings. The molecule has 4 aromatic rings. The minimum atomic E-state index is -3.77. The number of aromatic nitrogens is 2. The molecular weight excluding hydrogens is 745 g/mol. The number of piperazine rings is 1. The topological polar surface area (TPSA) is 192 Å². The predicted molar refractivity (Wildman–Crippen MR) is 193 cm³/mol. The fourth-order valence-electron chi connectivity index (χ4n) is 5.91. The highest BCUT2D eigenvalue weighted by molar-refractivity contribution is 9.10. The van der Waals surface area contributed by atoms with Gasteiger partial charge in [0.05, 0.1) is 20.6 Å². The highest BCUT2D eigenvalue weighted by Gasteiger charge is 2.30. The molecule has 6 N–H and O–H groups in total. The second kappa shape index (κ2) is 15.1. The van der Waals surface area contributed by atoms with Crippen LogP contribution in [0.3, 0.4) is 0 Å². The second-order valence-corrected chi connectivity index (χ2v) is 15.0. The number of nitrogens with one attached hydrogen (secondary N) is 4. The first-order chi connectivity index (χ1) is 24.4. The number of aryl methyl sites for hydroxylation is 1. The van der Waals surface area contributed by atoms with Gasteiger partial charge in [0, 0.05) is 56.7 Å². The second-order valence-electron chi connectivity index (χ2n) is 12.2. The molecule has 0 spiro atoms. The lowest BCUT2D eigenvalue weighted by molar-refractivity contribution is -0.133. The van der Waals surface area contributed by atoms with Crippen LogP contribution < -0.4 is 27.0 Å². The minimum Gasteiger partial charge on any atom is -0.374 e. The predicted octanol–water partition coefficient (Wildman–Crippen LogP) is 4.00. The van der Waals surface area contributed by atoms with E-state index in [-0.39, 0.29) is 39.7 Å². The number of halogens is 2. The summed E-state index contributed by atoms with van der Waals surface area (Å²) in [4.78, 5) is 46.5. The van der Waals surface area contributed by atoms with Gasteiger partial charge < -0.3 is 21.7 Å². The van der Waals surface area contributed by atoms with Gasteiger partial charge in [-0.25, -0.2) is 17.8 Å². The van der Waals surface area contributed by atoms with Gasteiger partial charge in [0.25, 0.3) is 5.91 Å². The zero-order valence-corrected chi connectivity index (χ0v) is 29.9. The summed E-state index contributed by atoms with van der Waals surface area (Å²) in [6, 6.07) is 16.1. The largest absolute Gasteiger partial charge is 0.374 e. The molecule has 0 saturated carbocycles. The molecule has 1 atom stereocenters. The van der Waals surface area contributed by atoms with E-state index in [1.807, 2.05) is 24.3 Å². The van der Waals surface area contributed by atoms with Crippen LogP contribution in [0.5, 0.6) is 0 Å². The highest BCUT2D eigenvalue weighted by atomic mass is 79.9. The summed E-state index contributed by atoms with van der Waals surface area (Å²) in [5, 5.41) is 11.6. The number of piperidine rings is 1. The number of rotatable bonds is 11. The zero-order valence-electron chi connectivity index (χ0n) is 27.4. The Balaban J connectivity index is 1.07. The fraction of sp³-hybridized carbons (Fsp3) is 0.265. The van der Waals surface area contributed by atoms with Gasteiger partial charge in [-0.3, -0.25) is 24.6 Å². The van der Waals surface area contributed by atoms with E-state index >= 15 is 0 Å². The van der Waals surface area contributed by atoms with Crippen LogP contribution in [0.1, 0.15) is 34.3 Å². The number of nitrogens with zero attached hydrogens (tertiary/aromatic N) is 4. The van der Waals surface area contributed by atoms with Crippen molar-refractivity contribution in [1.82, 2.24) is 24.5 Å². The molecule has 266 valence electrons. The van der Waals surface area contributed by atoms with Crippen LogP contribution in [0.4, 0.5) is 33.2 Å². The van der Waals surface area contributed by atoms with Crippen LogP contribution in [0.15, 0.2) is 76.2 Å². The summed E-state index contributed by atoms with van der Waals surface area (Å²) < 4.78 is 43.5. The van der Waals surface area contributed by atoms with Crippen molar-refractivity contribution in [2.75, 3.05) is 42.1 Å².